The summed E-state index contributed by atoms with van der Waals surface area (Å²) in [4.78, 5) is 12.3. The molecule has 2 aromatic rings. The summed E-state index contributed by atoms with van der Waals surface area (Å²) in [6.45, 7) is 3.35. The monoisotopic (exact) mass is 408 g/mol. The van der Waals surface area contributed by atoms with Crippen LogP contribution in [0.15, 0.2) is 48.5 Å². The van der Waals surface area contributed by atoms with E-state index in [9.17, 15) is 17.6 Å². The van der Waals surface area contributed by atoms with Gasteiger partial charge in [-0.1, -0.05) is 35.9 Å². The molecule has 1 atom stereocenters. The Morgan fingerprint density at radius 3 is 2.43 bits per heavy atom. The average molecular weight is 408 g/mol. The molecule has 152 valence electrons. The highest BCUT2D eigenvalue weighted by Gasteiger charge is 2.22. The second-order valence-electron chi connectivity index (χ2n) is 6.72. The summed E-state index contributed by atoms with van der Waals surface area (Å²) in [5, 5.41) is 2.70. The minimum atomic E-state index is -3.70. The molecule has 0 aromatic heterocycles. The highest BCUT2D eigenvalue weighted by Crippen LogP contribution is 2.13. The molecule has 0 aliphatic rings. The van der Waals surface area contributed by atoms with Crippen LogP contribution in [0.3, 0.4) is 0 Å². The van der Waals surface area contributed by atoms with Crippen molar-refractivity contribution in [2.24, 2.45) is 0 Å². The van der Waals surface area contributed by atoms with E-state index in [1.165, 1.54) is 18.2 Å². The molecule has 0 aliphatic heterocycles. The van der Waals surface area contributed by atoms with Gasteiger partial charge in [-0.05, 0) is 32.0 Å². The zero-order chi connectivity index (χ0) is 20.7. The number of nitrogens with zero attached hydrogens (tertiary/aromatic N) is 1. The zero-order valence-electron chi connectivity index (χ0n) is 16.2. The Hall–Kier alpha value is -2.45. The second kappa shape index (κ2) is 9.66. The zero-order valence-corrected chi connectivity index (χ0v) is 17.0. The number of hydrogen-bond acceptors (Lipinski definition) is 4. The van der Waals surface area contributed by atoms with Crippen molar-refractivity contribution < 1.29 is 22.3 Å². The highest BCUT2D eigenvalue weighted by atomic mass is 32.2. The Balaban J connectivity index is 1.91. The van der Waals surface area contributed by atoms with Gasteiger partial charge in [-0.2, -0.15) is 4.31 Å². The maximum absolute atomic E-state index is 13.8. The van der Waals surface area contributed by atoms with Crippen molar-refractivity contribution in [1.29, 1.82) is 0 Å². The molecule has 0 heterocycles. The normalized spacial score (nSPS) is 12.6. The van der Waals surface area contributed by atoms with E-state index in [4.69, 9.17) is 4.74 Å². The molecule has 1 amide bonds. The van der Waals surface area contributed by atoms with Gasteiger partial charge in [0.15, 0.2) is 0 Å². The van der Waals surface area contributed by atoms with Crippen molar-refractivity contribution in [3.8, 4) is 5.75 Å². The predicted octanol–water partition coefficient (Wildman–Crippen LogP) is 2.48. The van der Waals surface area contributed by atoms with E-state index >= 15 is 0 Å². The third kappa shape index (κ3) is 6.94. The fourth-order valence-electron chi connectivity index (χ4n) is 2.49. The molecule has 0 aliphatic carbocycles. The summed E-state index contributed by atoms with van der Waals surface area (Å²) in [5.74, 6) is -0.317. The smallest absolute Gasteiger partial charge is 0.235 e. The molecule has 8 heteroatoms. The van der Waals surface area contributed by atoms with Gasteiger partial charge in [-0.3, -0.25) is 4.79 Å². The summed E-state index contributed by atoms with van der Waals surface area (Å²) < 4.78 is 44.4. The van der Waals surface area contributed by atoms with Crippen LogP contribution in [0, 0.1) is 12.7 Å². The van der Waals surface area contributed by atoms with E-state index in [1.54, 1.807) is 13.0 Å². The van der Waals surface area contributed by atoms with Gasteiger partial charge < -0.3 is 10.1 Å². The third-order valence-electron chi connectivity index (χ3n) is 4.02. The SMILES string of the molecule is Cc1ccc(OC[C@H](C)NC(=O)CN(Cc2ccccc2F)S(C)(=O)=O)cc1. The van der Waals surface area contributed by atoms with E-state index in [2.05, 4.69) is 5.32 Å². The van der Waals surface area contributed by atoms with E-state index in [1.807, 2.05) is 31.2 Å². The van der Waals surface area contributed by atoms with Crippen molar-refractivity contribution in [2.45, 2.75) is 26.4 Å². The summed E-state index contributed by atoms with van der Waals surface area (Å²) in [6.07, 6.45) is 0.991. The minimum Gasteiger partial charge on any atom is -0.491 e. The maximum Gasteiger partial charge on any atom is 0.235 e. The lowest BCUT2D eigenvalue weighted by molar-refractivity contribution is -0.122. The van der Waals surface area contributed by atoms with E-state index in [0.717, 1.165) is 16.1 Å². The number of rotatable bonds is 9. The molecule has 0 unspecified atom stereocenters. The van der Waals surface area contributed by atoms with Gasteiger partial charge in [0.2, 0.25) is 15.9 Å². The molecule has 0 fully saturated rings. The van der Waals surface area contributed by atoms with Crippen LogP contribution >= 0.6 is 0 Å². The standard InChI is InChI=1S/C20H25FN2O4S/c1-15-8-10-18(11-9-15)27-14-16(2)22-20(24)13-23(28(3,25)26)12-17-6-4-5-7-19(17)21/h4-11,16H,12-14H2,1-3H3,(H,22,24)/t16-/m0/s1. The quantitative estimate of drug-likeness (QED) is 0.692. The van der Waals surface area contributed by atoms with Crippen LogP contribution in [0.2, 0.25) is 0 Å². The molecule has 0 saturated carbocycles. The first-order valence-corrected chi connectivity index (χ1v) is 10.7. The molecule has 1 N–H and O–H groups in total. The number of carbonyl (C=O) groups is 1. The van der Waals surface area contributed by atoms with E-state index < -0.39 is 28.3 Å². The molecule has 6 nitrogen and oxygen atoms in total. The van der Waals surface area contributed by atoms with E-state index in [0.29, 0.717) is 5.75 Å². The Morgan fingerprint density at radius 1 is 1.18 bits per heavy atom. The number of benzene rings is 2. The number of ether oxygens (including phenoxy) is 1. The first-order chi connectivity index (χ1) is 13.1. The second-order valence-corrected chi connectivity index (χ2v) is 8.70. The number of amides is 1. The van der Waals surface area contributed by atoms with Crippen molar-refractivity contribution >= 4 is 15.9 Å². The van der Waals surface area contributed by atoms with Crippen molar-refractivity contribution in [3.05, 3.63) is 65.5 Å². The van der Waals surface area contributed by atoms with Gasteiger partial charge in [-0.15, -0.1) is 0 Å². The van der Waals surface area contributed by atoms with Gasteiger partial charge >= 0.3 is 0 Å². The Bertz CT molecular complexity index is 901. The third-order valence-corrected chi connectivity index (χ3v) is 5.22. The van der Waals surface area contributed by atoms with Crippen LogP contribution in [-0.4, -0.2) is 44.1 Å². The molecule has 2 rings (SSSR count). The molecule has 0 saturated heterocycles. The lowest BCUT2D eigenvalue weighted by Gasteiger charge is -2.21. The fourth-order valence-corrected chi connectivity index (χ4v) is 3.21. The highest BCUT2D eigenvalue weighted by molar-refractivity contribution is 7.88. The van der Waals surface area contributed by atoms with Crippen LogP contribution < -0.4 is 10.1 Å². The lowest BCUT2D eigenvalue weighted by Crippen LogP contribution is -2.44. The molecular formula is C20H25FN2O4S. The topological polar surface area (TPSA) is 75.7 Å². The van der Waals surface area contributed by atoms with Gasteiger partial charge in [0, 0.05) is 12.1 Å². The molecule has 0 bridgehead atoms. The summed E-state index contributed by atoms with van der Waals surface area (Å²) in [7, 11) is -3.70. The first-order valence-electron chi connectivity index (χ1n) is 8.82. The van der Waals surface area contributed by atoms with Crippen molar-refractivity contribution in [2.75, 3.05) is 19.4 Å². The van der Waals surface area contributed by atoms with Gasteiger partial charge in [0.05, 0.1) is 18.8 Å². The largest absolute Gasteiger partial charge is 0.491 e. The lowest BCUT2D eigenvalue weighted by atomic mass is 10.2. The Morgan fingerprint density at radius 2 is 1.82 bits per heavy atom. The van der Waals surface area contributed by atoms with E-state index in [-0.39, 0.29) is 24.8 Å². The number of halogens is 1. The maximum atomic E-state index is 13.8. The van der Waals surface area contributed by atoms with Gasteiger partial charge in [0.1, 0.15) is 18.2 Å². The summed E-state index contributed by atoms with van der Waals surface area (Å²) >= 11 is 0. The van der Waals surface area contributed by atoms with Crippen LogP contribution in [0.1, 0.15) is 18.1 Å². The fraction of sp³-hybridized carbons (Fsp3) is 0.350. The van der Waals surface area contributed by atoms with Crippen molar-refractivity contribution in [1.82, 2.24) is 9.62 Å². The number of aryl methyl sites for hydroxylation is 1. The Labute approximate surface area is 165 Å². The molecule has 0 spiro atoms. The summed E-state index contributed by atoms with van der Waals surface area (Å²) in [6, 6.07) is 13.1. The number of hydrogen-bond donors (Lipinski definition) is 1. The van der Waals surface area contributed by atoms with Gasteiger partial charge in [-0.25, -0.2) is 12.8 Å². The number of carbonyl (C=O) groups excluding carboxylic acids is 1. The number of sulfonamides is 1. The van der Waals surface area contributed by atoms with Crippen LogP contribution in [0.4, 0.5) is 4.39 Å². The molecule has 0 radical (unpaired) electrons. The minimum absolute atomic E-state index is 0.205. The Kier molecular flexibility index (Phi) is 7.53. The van der Waals surface area contributed by atoms with Gasteiger partial charge in [0.25, 0.3) is 0 Å². The average Bonchev–Trinajstić information content (AvgIpc) is 2.61. The van der Waals surface area contributed by atoms with Crippen molar-refractivity contribution in [3.63, 3.8) is 0 Å². The first kappa shape index (κ1) is 21.8. The van der Waals surface area contributed by atoms with Crippen LogP contribution in [0.25, 0.3) is 0 Å². The molecule has 28 heavy (non-hydrogen) atoms. The summed E-state index contributed by atoms with van der Waals surface area (Å²) in [5.41, 5.74) is 1.32. The van der Waals surface area contributed by atoms with Crippen LogP contribution in [-0.2, 0) is 21.4 Å². The predicted molar refractivity (Wildman–Crippen MR) is 106 cm³/mol. The molecule has 2 aromatic carbocycles. The molecular weight excluding hydrogens is 383 g/mol. The number of nitrogens with one attached hydrogen (secondary N) is 1. The van der Waals surface area contributed by atoms with Crippen LogP contribution in [0.5, 0.6) is 5.75 Å².